The lowest BCUT2D eigenvalue weighted by Gasteiger charge is -2.43. The molecule has 4 rings (SSSR count). The molecule has 6 nitrogen and oxygen atoms in total. The average molecular weight is 476 g/mol. The molecule has 0 spiro atoms. The highest BCUT2D eigenvalue weighted by molar-refractivity contribution is 5.95. The van der Waals surface area contributed by atoms with Crippen LogP contribution in [0.15, 0.2) is 42.5 Å². The van der Waals surface area contributed by atoms with Crippen molar-refractivity contribution in [2.75, 3.05) is 46.0 Å². The van der Waals surface area contributed by atoms with Gasteiger partial charge in [0.1, 0.15) is 28.8 Å². The van der Waals surface area contributed by atoms with Gasteiger partial charge in [0.2, 0.25) is 5.91 Å². The number of carbonyl (C=O) groups is 2. The van der Waals surface area contributed by atoms with Crippen LogP contribution >= 0.6 is 0 Å². The third-order valence-electron chi connectivity index (χ3n) is 6.37. The second-order valence-electron chi connectivity index (χ2n) is 8.84. The van der Waals surface area contributed by atoms with E-state index < -0.39 is 34.3 Å². The van der Waals surface area contributed by atoms with Crippen LogP contribution in [-0.2, 0) is 9.53 Å². The van der Waals surface area contributed by atoms with Gasteiger partial charge >= 0.3 is 0 Å². The zero-order chi connectivity index (χ0) is 24.1. The molecule has 0 unspecified atom stereocenters. The van der Waals surface area contributed by atoms with Gasteiger partial charge in [-0.3, -0.25) is 9.59 Å². The minimum atomic E-state index is -0.923. The number of carbonyl (C=O) groups excluding carboxylic acids is 2. The number of rotatable bonds is 6. The maximum atomic E-state index is 14.3. The van der Waals surface area contributed by atoms with Crippen LogP contribution in [0, 0.1) is 22.9 Å². The van der Waals surface area contributed by atoms with Gasteiger partial charge in [-0.25, -0.2) is 13.2 Å². The molecule has 0 aliphatic carbocycles. The topological polar surface area (TPSA) is 59.1 Å². The number of likely N-dealkylation sites (tertiary alicyclic amines) is 1. The Balaban J connectivity index is 1.56. The van der Waals surface area contributed by atoms with Crippen molar-refractivity contribution in [3.63, 3.8) is 0 Å². The molecular formula is C25H27F3N2O4. The minimum Gasteiger partial charge on any atom is -0.493 e. The van der Waals surface area contributed by atoms with E-state index in [1.54, 1.807) is 4.90 Å². The predicted octanol–water partition coefficient (Wildman–Crippen LogP) is 3.65. The van der Waals surface area contributed by atoms with Gasteiger partial charge in [0.05, 0.1) is 19.8 Å². The molecule has 9 heteroatoms. The lowest BCUT2D eigenvalue weighted by Crippen LogP contribution is -2.52. The standard InChI is InChI=1S/C25H27F3N2O4/c26-18-5-7-19(8-6-18)34-17-25(15-22(31)29-11-13-33-14-12-29)9-2-10-30(16-25)24(32)23-20(27)3-1-4-21(23)28/h1,3-8H,2,9-17H2/t25-/m1/s1. The molecule has 0 saturated carbocycles. The summed E-state index contributed by atoms with van der Waals surface area (Å²) in [6.45, 7) is 2.41. The molecule has 2 saturated heterocycles. The van der Waals surface area contributed by atoms with E-state index >= 15 is 0 Å². The number of hydrogen-bond donors (Lipinski definition) is 0. The minimum absolute atomic E-state index is 0.0858. The average Bonchev–Trinajstić information content (AvgIpc) is 2.84. The second kappa shape index (κ2) is 10.5. The fourth-order valence-electron chi connectivity index (χ4n) is 4.57. The molecule has 2 fully saturated rings. The molecule has 0 bridgehead atoms. The summed E-state index contributed by atoms with van der Waals surface area (Å²) in [4.78, 5) is 29.3. The van der Waals surface area contributed by atoms with E-state index in [1.165, 1.54) is 35.2 Å². The van der Waals surface area contributed by atoms with E-state index in [-0.39, 0.29) is 25.5 Å². The van der Waals surface area contributed by atoms with Gasteiger partial charge < -0.3 is 19.3 Å². The van der Waals surface area contributed by atoms with Gasteiger partial charge in [-0.15, -0.1) is 0 Å². The largest absolute Gasteiger partial charge is 0.493 e. The van der Waals surface area contributed by atoms with Crippen LogP contribution in [0.5, 0.6) is 5.75 Å². The molecule has 2 aliphatic heterocycles. The van der Waals surface area contributed by atoms with E-state index in [9.17, 15) is 22.8 Å². The summed E-state index contributed by atoms with van der Waals surface area (Å²) in [5, 5.41) is 0. The van der Waals surface area contributed by atoms with Gasteiger partial charge in [-0.2, -0.15) is 0 Å². The van der Waals surface area contributed by atoms with E-state index in [0.29, 0.717) is 51.4 Å². The summed E-state index contributed by atoms with van der Waals surface area (Å²) in [6, 6.07) is 8.84. The first-order chi connectivity index (χ1) is 16.4. The Morgan fingerprint density at radius 2 is 1.62 bits per heavy atom. The van der Waals surface area contributed by atoms with Crippen LogP contribution in [-0.4, -0.2) is 67.6 Å². The van der Waals surface area contributed by atoms with Gasteiger partial charge in [-0.05, 0) is 49.2 Å². The Bertz CT molecular complexity index is 1010. The molecule has 2 heterocycles. The van der Waals surface area contributed by atoms with Crippen molar-refractivity contribution in [3.8, 4) is 5.75 Å². The molecule has 0 radical (unpaired) electrons. The molecule has 2 aliphatic rings. The van der Waals surface area contributed by atoms with Gasteiger partial charge in [-0.1, -0.05) is 6.07 Å². The fraction of sp³-hybridized carbons (Fsp3) is 0.440. The first kappa shape index (κ1) is 24.1. The predicted molar refractivity (Wildman–Crippen MR) is 118 cm³/mol. The zero-order valence-electron chi connectivity index (χ0n) is 18.8. The summed E-state index contributed by atoms with van der Waals surface area (Å²) in [7, 11) is 0. The summed E-state index contributed by atoms with van der Waals surface area (Å²) >= 11 is 0. The van der Waals surface area contributed by atoms with Crippen molar-refractivity contribution in [1.82, 2.24) is 9.80 Å². The Kier molecular flexibility index (Phi) is 7.41. The van der Waals surface area contributed by atoms with Crippen molar-refractivity contribution in [3.05, 3.63) is 65.5 Å². The normalized spacial score (nSPS) is 20.8. The number of morpholine rings is 1. The molecule has 0 N–H and O–H groups in total. The molecule has 2 aromatic rings. The fourth-order valence-corrected chi connectivity index (χ4v) is 4.57. The SMILES string of the molecule is O=C(C[C@]1(COc2ccc(F)cc2)CCCN(C(=O)c2c(F)cccc2F)C1)N1CCOCC1. The van der Waals surface area contributed by atoms with Crippen molar-refractivity contribution in [1.29, 1.82) is 0 Å². The molecule has 1 atom stereocenters. The van der Waals surface area contributed by atoms with E-state index in [2.05, 4.69) is 0 Å². The smallest absolute Gasteiger partial charge is 0.259 e. The van der Waals surface area contributed by atoms with E-state index in [4.69, 9.17) is 9.47 Å². The first-order valence-corrected chi connectivity index (χ1v) is 11.3. The van der Waals surface area contributed by atoms with Crippen molar-refractivity contribution >= 4 is 11.8 Å². The number of nitrogens with zero attached hydrogens (tertiary/aromatic N) is 2. The maximum absolute atomic E-state index is 14.3. The summed E-state index contributed by atoms with van der Waals surface area (Å²) in [5.41, 5.74) is -1.36. The summed E-state index contributed by atoms with van der Waals surface area (Å²) < 4.78 is 53.1. The Morgan fingerprint density at radius 3 is 2.29 bits per heavy atom. The maximum Gasteiger partial charge on any atom is 0.259 e. The van der Waals surface area contributed by atoms with Gasteiger partial charge in [0.25, 0.3) is 5.91 Å². The second-order valence-corrected chi connectivity index (χ2v) is 8.84. The quantitative estimate of drug-likeness (QED) is 0.639. The monoisotopic (exact) mass is 476 g/mol. The third kappa shape index (κ3) is 5.52. The van der Waals surface area contributed by atoms with Crippen LogP contribution in [0.2, 0.25) is 0 Å². The van der Waals surface area contributed by atoms with E-state index in [0.717, 1.165) is 12.1 Å². The van der Waals surface area contributed by atoms with Crippen LogP contribution in [0.3, 0.4) is 0 Å². The highest BCUT2D eigenvalue weighted by Crippen LogP contribution is 2.36. The van der Waals surface area contributed by atoms with E-state index in [1.807, 2.05) is 0 Å². The molecular weight excluding hydrogens is 449 g/mol. The van der Waals surface area contributed by atoms with Crippen molar-refractivity contribution in [2.24, 2.45) is 5.41 Å². The number of ether oxygens (including phenoxy) is 2. The lowest BCUT2D eigenvalue weighted by atomic mass is 9.77. The number of amides is 2. The van der Waals surface area contributed by atoms with Crippen molar-refractivity contribution < 1.29 is 32.2 Å². The Morgan fingerprint density at radius 1 is 0.941 bits per heavy atom. The van der Waals surface area contributed by atoms with Gasteiger partial charge in [0.15, 0.2) is 0 Å². The van der Waals surface area contributed by atoms with Crippen LogP contribution in [0.1, 0.15) is 29.6 Å². The van der Waals surface area contributed by atoms with Crippen LogP contribution < -0.4 is 4.74 Å². The lowest BCUT2D eigenvalue weighted by molar-refractivity contribution is -0.139. The Hall–Kier alpha value is -3.07. The number of halogens is 3. The summed E-state index contributed by atoms with van der Waals surface area (Å²) in [6.07, 6.45) is 1.25. The number of hydrogen-bond acceptors (Lipinski definition) is 4. The number of benzene rings is 2. The van der Waals surface area contributed by atoms with Crippen LogP contribution in [0.4, 0.5) is 13.2 Å². The van der Waals surface area contributed by atoms with Crippen LogP contribution in [0.25, 0.3) is 0 Å². The molecule has 2 aromatic carbocycles. The number of piperidine rings is 1. The molecule has 2 amide bonds. The Labute approximate surface area is 196 Å². The van der Waals surface area contributed by atoms with Crippen molar-refractivity contribution in [2.45, 2.75) is 19.3 Å². The highest BCUT2D eigenvalue weighted by Gasteiger charge is 2.42. The highest BCUT2D eigenvalue weighted by atomic mass is 19.1. The molecule has 182 valence electrons. The first-order valence-electron chi connectivity index (χ1n) is 11.3. The summed E-state index contributed by atoms with van der Waals surface area (Å²) in [5.74, 6) is -2.65. The molecule has 34 heavy (non-hydrogen) atoms. The zero-order valence-corrected chi connectivity index (χ0v) is 18.8. The van der Waals surface area contributed by atoms with Gasteiger partial charge in [0, 0.05) is 38.0 Å². The third-order valence-corrected chi connectivity index (χ3v) is 6.37. The molecule has 0 aromatic heterocycles.